The number of carbonyl (C=O) groups excluding carboxylic acids is 2. The van der Waals surface area contributed by atoms with E-state index in [1.165, 1.54) is 10.6 Å². The molecule has 1 N–H and O–H groups in total. The predicted molar refractivity (Wildman–Crippen MR) is 146 cm³/mol. The van der Waals surface area contributed by atoms with Crippen molar-refractivity contribution >= 4 is 27.5 Å². The molecule has 198 valence electrons. The van der Waals surface area contributed by atoms with Crippen molar-refractivity contribution in [2.75, 3.05) is 17.1 Å². The molecule has 0 bridgehead atoms. The third-order valence-corrected chi connectivity index (χ3v) is 7.49. The Kier molecular flexibility index (Phi) is 11.0. The number of hydrogen-bond acceptors (Lipinski definition) is 4. The lowest BCUT2D eigenvalue weighted by Crippen LogP contribution is -2.50. The molecular formula is C28H41N3O4S. The van der Waals surface area contributed by atoms with Crippen molar-refractivity contribution in [3.05, 3.63) is 65.2 Å². The van der Waals surface area contributed by atoms with E-state index in [9.17, 15) is 18.0 Å². The highest BCUT2D eigenvalue weighted by Crippen LogP contribution is 2.20. The number of anilines is 1. The summed E-state index contributed by atoms with van der Waals surface area (Å²) < 4.78 is 26.2. The summed E-state index contributed by atoms with van der Waals surface area (Å²) >= 11 is 0. The van der Waals surface area contributed by atoms with Crippen LogP contribution < -0.4 is 9.62 Å². The van der Waals surface area contributed by atoms with Crippen LogP contribution in [0.3, 0.4) is 0 Å². The average Bonchev–Trinajstić information content (AvgIpc) is 2.81. The summed E-state index contributed by atoms with van der Waals surface area (Å²) in [6.07, 6.45) is 2.93. The van der Waals surface area contributed by atoms with E-state index in [-0.39, 0.29) is 30.8 Å². The Hall–Kier alpha value is -2.87. The minimum atomic E-state index is -3.51. The first-order chi connectivity index (χ1) is 17.0. The van der Waals surface area contributed by atoms with Crippen LogP contribution in [0, 0.1) is 13.8 Å². The Morgan fingerprint density at radius 2 is 1.64 bits per heavy atom. The van der Waals surface area contributed by atoms with E-state index in [1.54, 1.807) is 17.0 Å². The maximum atomic E-state index is 13.5. The van der Waals surface area contributed by atoms with Gasteiger partial charge >= 0.3 is 0 Å². The fourth-order valence-corrected chi connectivity index (χ4v) is 5.05. The number of nitrogens with one attached hydrogen (secondary N) is 1. The van der Waals surface area contributed by atoms with E-state index < -0.39 is 16.1 Å². The zero-order valence-electron chi connectivity index (χ0n) is 22.5. The molecule has 2 aromatic carbocycles. The molecule has 2 rings (SSSR count). The first kappa shape index (κ1) is 29.4. The fraction of sp³-hybridized carbons (Fsp3) is 0.500. The van der Waals surface area contributed by atoms with E-state index in [4.69, 9.17) is 0 Å². The summed E-state index contributed by atoms with van der Waals surface area (Å²) in [7, 11) is -3.51. The van der Waals surface area contributed by atoms with Gasteiger partial charge in [0.05, 0.1) is 11.9 Å². The second-order valence-electron chi connectivity index (χ2n) is 9.53. The van der Waals surface area contributed by atoms with Gasteiger partial charge in [-0.1, -0.05) is 61.4 Å². The largest absolute Gasteiger partial charge is 0.352 e. The second-order valence-corrected chi connectivity index (χ2v) is 11.4. The minimum absolute atomic E-state index is 0.0142. The molecule has 0 aliphatic heterocycles. The molecule has 0 aromatic heterocycles. The van der Waals surface area contributed by atoms with Crippen LogP contribution in [0.15, 0.2) is 48.5 Å². The van der Waals surface area contributed by atoms with Gasteiger partial charge in [0.2, 0.25) is 21.8 Å². The summed E-state index contributed by atoms with van der Waals surface area (Å²) in [5.74, 6) is -0.328. The van der Waals surface area contributed by atoms with Gasteiger partial charge in [-0.15, -0.1) is 0 Å². The van der Waals surface area contributed by atoms with E-state index in [0.29, 0.717) is 25.1 Å². The van der Waals surface area contributed by atoms with Crippen LogP contribution in [0.4, 0.5) is 5.69 Å². The van der Waals surface area contributed by atoms with Crippen molar-refractivity contribution < 1.29 is 18.0 Å². The quantitative estimate of drug-likeness (QED) is 0.423. The molecule has 0 aliphatic rings. The Morgan fingerprint density at radius 1 is 0.972 bits per heavy atom. The third-order valence-electron chi connectivity index (χ3n) is 6.30. The van der Waals surface area contributed by atoms with Crippen molar-refractivity contribution in [3.63, 3.8) is 0 Å². The predicted octanol–water partition coefficient (Wildman–Crippen LogP) is 4.57. The fourth-order valence-electron chi connectivity index (χ4n) is 4.08. The SMILES string of the molecule is CC[C@@H](C)NC(=O)[C@H](CC)N(Cc1cccc(C)c1)C(=O)CCCN(c1ccc(C)cc1)S(C)(=O)=O. The van der Waals surface area contributed by atoms with Gasteiger partial charge < -0.3 is 10.2 Å². The minimum Gasteiger partial charge on any atom is -0.352 e. The number of nitrogens with zero attached hydrogens (tertiary/aromatic N) is 2. The van der Waals surface area contributed by atoms with E-state index in [2.05, 4.69) is 5.32 Å². The second kappa shape index (κ2) is 13.4. The molecule has 0 unspecified atom stereocenters. The van der Waals surface area contributed by atoms with Gasteiger partial charge in [0.25, 0.3) is 0 Å². The van der Waals surface area contributed by atoms with Crippen LogP contribution in [0.2, 0.25) is 0 Å². The van der Waals surface area contributed by atoms with E-state index in [1.807, 2.05) is 71.0 Å². The summed E-state index contributed by atoms with van der Waals surface area (Å²) in [4.78, 5) is 28.2. The Labute approximate surface area is 216 Å². The number of benzene rings is 2. The van der Waals surface area contributed by atoms with Crippen LogP contribution in [-0.4, -0.2) is 50.0 Å². The molecular weight excluding hydrogens is 474 g/mol. The lowest BCUT2D eigenvalue weighted by molar-refractivity contribution is -0.141. The van der Waals surface area contributed by atoms with Gasteiger partial charge in [-0.3, -0.25) is 13.9 Å². The molecule has 7 nitrogen and oxygen atoms in total. The maximum absolute atomic E-state index is 13.5. The normalized spacial score (nSPS) is 13.1. The standard InChI is InChI=1S/C28H41N3O4S/c1-7-23(5)29-28(33)26(8-2)30(20-24-12-9-11-22(4)19-24)27(32)13-10-18-31(36(6,34)35)25-16-14-21(3)15-17-25/h9,11-12,14-17,19,23,26H,7-8,10,13,18,20H2,1-6H3,(H,29,33)/t23-,26+/m1/s1. The van der Waals surface area contributed by atoms with E-state index in [0.717, 1.165) is 23.1 Å². The molecule has 2 aromatic rings. The van der Waals surface area contributed by atoms with Crippen LogP contribution in [0.1, 0.15) is 63.1 Å². The zero-order chi connectivity index (χ0) is 26.9. The molecule has 0 heterocycles. The molecule has 0 saturated heterocycles. The number of aryl methyl sites for hydroxylation is 2. The van der Waals surface area contributed by atoms with Crippen molar-refractivity contribution in [2.45, 2.75) is 78.9 Å². The Balaban J connectivity index is 2.22. The van der Waals surface area contributed by atoms with Crippen molar-refractivity contribution in [1.82, 2.24) is 10.2 Å². The van der Waals surface area contributed by atoms with Crippen LogP contribution in [0.25, 0.3) is 0 Å². The highest BCUT2D eigenvalue weighted by Gasteiger charge is 2.29. The van der Waals surface area contributed by atoms with Gasteiger partial charge in [-0.05, 0) is 57.7 Å². The first-order valence-electron chi connectivity index (χ1n) is 12.7. The van der Waals surface area contributed by atoms with Gasteiger partial charge in [0.1, 0.15) is 6.04 Å². The Morgan fingerprint density at radius 3 is 2.19 bits per heavy atom. The van der Waals surface area contributed by atoms with Gasteiger partial charge in [0, 0.05) is 25.6 Å². The summed E-state index contributed by atoms with van der Waals surface area (Å²) in [6.45, 7) is 10.3. The molecule has 0 spiro atoms. The zero-order valence-corrected chi connectivity index (χ0v) is 23.3. The molecule has 8 heteroatoms. The summed E-state index contributed by atoms with van der Waals surface area (Å²) in [5, 5.41) is 3.01. The molecule has 0 radical (unpaired) electrons. The average molecular weight is 516 g/mol. The smallest absolute Gasteiger partial charge is 0.243 e. The van der Waals surface area contributed by atoms with Crippen molar-refractivity contribution in [3.8, 4) is 0 Å². The molecule has 0 saturated carbocycles. The molecule has 36 heavy (non-hydrogen) atoms. The van der Waals surface area contributed by atoms with Crippen LogP contribution in [-0.2, 0) is 26.2 Å². The molecule has 0 aliphatic carbocycles. The lowest BCUT2D eigenvalue weighted by Gasteiger charge is -2.32. The number of hydrogen-bond donors (Lipinski definition) is 1. The maximum Gasteiger partial charge on any atom is 0.243 e. The van der Waals surface area contributed by atoms with Gasteiger partial charge in [0.15, 0.2) is 0 Å². The topological polar surface area (TPSA) is 86.8 Å². The third kappa shape index (κ3) is 8.66. The van der Waals surface area contributed by atoms with E-state index >= 15 is 0 Å². The highest BCUT2D eigenvalue weighted by atomic mass is 32.2. The first-order valence-corrected chi connectivity index (χ1v) is 14.5. The number of sulfonamides is 1. The van der Waals surface area contributed by atoms with Crippen molar-refractivity contribution in [1.29, 1.82) is 0 Å². The van der Waals surface area contributed by atoms with Gasteiger partial charge in [-0.25, -0.2) is 8.42 Å². The highest BCUT2D eigenvalue weighted by molar-refractivity contribution is 7.92. The molecule has 2 amide bonds. The molecule has 2 atom stereocenters. The van der Waals surface area contributed by atoms with Crippen LogP contribution >= 0.6 is 0 Å². The summed E-state index contributed by atoms with van der Waals surface area (Å²) in [6, 6.07) is 14.6. The van der Waals surface area contributed by atoms with Crippen LogP contribution in [0.5, 0.6) is 0 Å². The Bertz CT molecular complexity index is 1120. The van der Waals surface area contributed by atoms with Gasteiger partial charge in [-0.2, -0.15) is 0 Å². The monoisotopic (exact) mass is 515 g/mol. The molecule has 0 fully saturated rings. The van der Waals surface area contributed by atoms with Crippen molar-refractivity contribution in [2.24, 2.45) is 0 Å². The summed E-state index contributed by atoms with van der Waals surface area (Å²) in [5.41, 5.74) is 3.65. The number of amides is 2. The lowest BCUT2D eigenvalue weighted by atomic mass is 10.1. The number of carbonyl (C=O) groups is 2. The number of rotatable bonds is 13.